The number of benzene rings is 1. The van der Waals surface area contributed by atoms with Crippen LogP contribution in [-0.4, -0.2) is 26.1 Å². The summed E-state index contributed by atoms with van der Waals surface area (Å²) in [5, 5.41) is 17.0. The molecule has 0 atom stereocenters. The van der Waals surface area contributed by atoms with Gasteiger partial charge in [-0.15, -0.1) is 5.10 Å². The highest BCUT2D eigenvalue weighted by atomic mass is 16.4. The van der Waals surface area contributed by atoms with Crippen LogP contribution in [0.15, 0.2) is 48.8 Å². The van der Waals surface area contributed by atoms with Crippen molar-refractivity contribution in [2.24, 2.45) is 0 Å². The van der Waals surface area contributed by atoms with Crippen molar-refractivity contribution >= 4 is 17.0 Å². The van der Waals surface area contributed by atoms with Gasteiger partial charge in [-0.25, -0.2) is 0 Å². The van der Waals surface area contributed by atoms with Gasteiger partial charge in [0, 0.05) is 11.6 Å². The first kappa shape index (κ1) is 12.3. The van der Waals surface area contributed by atoms with E-state index in [2.05, 4.69) is 10.3 Å². The van der Waals surface area contributed by atoms with Crippen LogP contribution in [0.25, 0.3) is 11.0 Å². The lowest BCUT2D eigenvalue weighted by atomic mass is 10.2. The Kier molecular flexibility index (Phi) is 3.12. The molecule has 3 aromatic rings. The van der Waals surface area contributed by atoms with Gasteiger partial charge in [0.1, 0.15) is 5.52 Å². The van der Waals surface area contributed by atoms with Gasteiger partial charge >= 0.3 is 5.97 Å². The van der Waals surface area contributed by atoms with Crippen molar-refractivity contribution < 1.29 is 14.5 Å². The number of carbonyl (C=O) groups is 1. The zero-order valence-electron chi connectivity index (χ0n) is 10.7. The molecule has 2 aromatic heterocycles. The van der Waals surface area contributed by atoms with E-state index in [1.165, 1.54) is 0 Å². The molecule has 0 bridgehead atoms. The average Bonchev–Trinajstić information content (AvgIpc) is 2.82. The van der Waals surface area contributed by atoms with E-state index in [0.717, 1.165) is 16.6 Å². The molecule has 6 heteroatoms. The maximum Gasteiger partial charge on any atom is 0.308 e. The topological polar surface area (TPSA) is 71.9 Å². The molecule has 1 aromatic carbocycles. The third-order valence-electron chi connectivity index (χ3n) is 2.99. The lowest BCUT2D eigenvalue weighted by molar-refractivity contribution is -0.702. The highest BCUT2D eigenvalue weighted by Gasteiger charge is 2.10. The number of aliphatic carboxylic acids is 1. The second-order valence-electron chi connectivity index (χ2n) is 4.52. The Labute approximate surface area is 114 Å². The van der Waals surface area contributed by atoms with Gasteiger partial charge in [-0.1, -0.05) is 17.3 Å². The molecule has 0 saturated heterocycles. The van der Waals surface area contributed by atoms with Crippen molar-refractivity contribution in [2.75, 3.05) is 0 Å². The summed E-state index contributed by atoms with van der Waals surface area (Å²) in [5.41, 5.74) is 2.54. The summed E-state index contributed by atoms with van der Waals surface area (Å²) < 4.78 is 3.67. The summed E-state index contributed by atoms with van der Waals surface area (Å²) in [7, 11) is 0. The highest BCUT2D eigenvalue weighted by molar-refractivity contribution is 5.73. The molecule has 0 amide bonds. The largest absolute Gasteiger partial charge is 0.481 e. The van der Waals surface area contributed by atoms with Crippen LogP contribution in [0.5, 0.6) is 0 Å². The van der Waals surface area contributed by atoms with Crippen LogP contribution in [0, 0.1) is 0 Å². The second-order valence-corrected chi connectivity index (χ2v) is 4.52. The van der Waals surface area contributed by atoms with E-state index in [-0.39, 0.29) is 6.42 Å². The third-order valence-corrected chi connectivity index (χ3v) is 2.99. The third kappa shape index (κ3) is 2.49. The van der Waals surface area contributed by atoms with Crippen molar-refractivity contribution in [1.82, 2.24) is 15.0 Å². The number of pyridine rings is 1. The number of aromatic nitrogens is 4. The molecule has 100 valence electrons. The molecule has 3 rings (SSSR count). The number of carboxylic acid groups (broad SMARTS) is 1. The summed E-state index contributed by atoms with van der Waals surface area (Å²) in [6, 6.07) is 11.3. The van der Waals surface area contributed by atoms with E-state index >= 15 is 0 Å². The summed E-state index contributed by atoms with van der Waals surface area (Å²) in [5.74, 6) is -0.839. The molecule has 0 aliphatic carbocycles. The van der Waals surface area contributed by atoms with E-state index in [4.69, 9.17) is 5.11 Å². The molecule has 20 heavy (non-hydrogen) atoms. The van der Waals surface area contributed by atoms with Crippen LogP contribution < -0.4 is 4.57 Å². The standard InChI is InChI=1S/C14H12N4O2/c19-14(20)8-11-4-3-7-17(9-11)10-18-13-6-2-1-5-12(13)15-16-18/h1-7,9H,8,10H2/p+1. The van der Waals surface area contributed by atoms with Crippen LogP contribution in [0.4, 0.5) is 0 Å². The van der Waals surface area contributed by atoms with Crippen molar-refractivity contribution in [3.8, 4) is 0 Å². The van der Waals surface area contributed by atoms with Crippen molar-refractivity contribution in [3.63, 3.8) is 0 Å². The SMILES string of the molecule is O=C(O)Cc1ccc[n+](Cn2nnc3ccccc32)c1. The Morgan fingerprint density at radius 3 is 2.95 bits per heavy atom. The highest BCUT2D eigenvalue weighted by Crippen LogP contribution is 2.08. The second kappa shape index (κ2) is 5.08. The summed E-state index contributed by atoms with van der Waals surface area (Å²) >= 11 is 0. The van der Waals surface area contributed by atoms with E-state index in [9.17, 15) is 4.79 Å². The molecular weight excluding hydrogens is 256 g/mol. The van der Waals surface area contributed by atoms with Gasteiger partial charge in [-0.3, -0.25) is 4.79 Å². The molecule has 0 spiro atoms. The van der Waals surface area contributed by atoms with Crippen LogP contribution in [0.2, 0.25) is 0 Å². The van der Waals surface area contributed by atoms with Crippen LogP contribution >= 0.6 is 0 Å². The summed E-state index contributed by atoms with van der Waals surface area (Å²) in [4.78, 5) is 10.7. The lowest BCUT2D eigenvalue weighted by Crippen LogP contribution is -2.37. The quantitative estimate of drug-likeness (QED) is 0.713. The molecule has 2 heterocycles. The molecule has 0 aliphatic heterocycles. The van der Waals surface area contributed by atoms with Crippen LogP contribution in [0.1, 0.15) is 5.56 Å². The Morgan fingerprint density at radius 1 is 1.25 bits per heavy atom. The minimum atomic E-state index is -0.839. The number of para-hydroxylation sites is 1. The Morgan fingerprint density at radius 2 is 2.10 bits per heavy atom. The van der Waals surface area contributed by atoms with Gasteiger partial charge in [0.15, 0.2) is 12.4 Å². The molecule has 0 unspecified atom stereocenters. The zero-order valence-corrected chi connectivity index (χ0v) is 10.7. The number of carboxylic acids is 1. The van der Waals surface area contributed by atoms with E-state index in [1.54, 1.807) is 10.7 Å². The van der Waals surface area contributed by atoms with Crippen molar-refractivity contribution in [3.05, 3.63) is 54.4 Å². The summed E-state index contributed by atoms with van der Waals surface area (Å²) in [6.45, 7) is 0.494. The molecule has 0 aliphatic rings. The fourth-order valence-electron chi connectivity index (χ4n) is 2.12. The van der Waals surface area contributed by atoms with Crippen molar-refractivity contribution in [1.29, 1.82) is 0 Å². The van der Waals surface area contributed by atoms with Gasteiger partial charge < -0.3 is 5.11 Å². The molecule has 1 N–H and O–H groups in total. The predicted octanol–water partition coefficient (Wildman–Crippen LogP) is 0.852. The minimum absolute atomic E-state index is 0.0128. The molecule has 6 nitrogen and oxygen atoms in total. The number of fused-ring (bicyclic) bond motifs is 1. The fourth-order valence-corrected chi connectivity index (χ4v) is 2.12. The van der Waals surface area contributed by atoms with Gasteiger partial charge in [0.25, 0.3) is 0 Å². The Balaban J connectivity index is 1.89. The zero-order chi connectivity index (χ0) is 13.9. The van der Waals surface area contributed by atoms with Gasteiger partial charge in [-0.2, -0.15) is 9.25 Å². The van der Waals surface area contributed by atoms with E-state index in [1.807, 2.05) is 47.3 Å². The molecule has 0 fully saturated rings. The number of hydrogen-bond donors (Lipinski definition) is 1. The van der Waals surface area contributed by atoms with E-state index < -0.39 is 5.97 Å². The number of rotatable bonds is 4. The number of hydrogen-bond acceptors (Lipinski definition) is 3. The van der Waals surface area contributed by atoms with Gasteiger partial charge in [0.2, 0.25) is 6.67 Å². The fraction of sp³-hybridized carbons (Fsp3) is 0.143. The first-order valence-corrected chi connectivity index (χ1v) is 6.20. The predicted molar refractivity (Wildman–Crippen MR) is 70.9 cm³/mol. The Hall–Kier alpha value is -2.76. The first-order valence-electron chi connectivity index (χ1n) is 6.20. The molecule has 0 radical (unpaired) electrons. The first-order chi connectivity index (χ1) is 9.72. The maximum absolute atomic E-state index is 10.7. The summed E-state index contributed by atoms with van der Waals surface area (Å²) in [6.07, 6.45) is 3.70. The van der Waals surface area contributed by atoms with Crippen LogP contribution in [-0.2, 0) is 17.9 Å². The van der Waals surface area contributed by atoms with Crippen molar-refractivity contribution in [2.45, 2.75) is 13.1 Å². The average molecular weight is 269 g/mol. The molecular formula is C14H13N4O2+. The lowest BCUT2D eigenvalue weighted by Gasteiger charge is -2.00. The van der Waals surface area contributed by atoms with Gasteiger partial charge in [0.05, 0.1) is 11.9 Å². The Bertz CT molecular complexity index is 766. The monoisotopic (exact) mass is 269 g/mol. The van der Waals surface area contributed by atoms with Gasteiger partial charge in [-0.05, 0) is 18.2 Å². The number of nitrogens with zero attached hydrogens (tertiary/aromatic N) is 4. The molecule has 0 saturated carbocycles. The minimum Gasteiger partial charge on any atom is -0.481 e. The van der Waals surface area contributed by atoms with Crippen LogP contribution in [0.3, 0.4) is 0 Å². The van der Waals surface area contributed by atoms with E-state index in [0.29, 0.717) is 6.67 Å². The smallest absolute Gasteiger partial charge is 0.308 e. The maximum atomic E-state index is 10.7. The normalized spacial score (nSPS) is 10.8.